The summed E-state index contributed by atoms with van der Waals surface area (Å²) in [7, 11) is 0. The van der Waals surface area contributed by atoms with E-state index in [0.717, 1.165) is 24.8 Å². The van der Waals surface area contributed by atoms with Crippen LogP contribution in [-0.4, -0.2) is 28.4 Å². The van der Waals surface area contributed by atoms with E-state index < -0.39 is 11.7 Å². The highest BCUT2D eigenvalue weighted by atomic mass is 16.6. The van der Waals surface area contributed by atoms with Crippen molar-refractivity contribution < 1.29 is 14.3 Å². The average molecular weight is 400 g/mol. The SMILES string of the molecule is CCCCCCCCC[C@@H]1CC(=O)/C(=C\c2ccccc2)N1C(=O)OC(C)(C)C. The Labute approximate surface area is 176 Å². The molecular weight excluding hydrogens is 362 g/mol. The van der Waals surface area contributed by atoms with Crippen molar-refractivity contribution in [2.24, 2.45) is 0 Å². The zero-order valence-corrected chi connectivity index (χ0v) is 18.6. The Morgan fingerprint density at radius 1 is 1.07 bits per heavy atom. The summed E-state index contributed by atoms with van der Waals surface area (Å²) in [5, 5.41) is 0. The molecule has 1 fully saturated rings. The van der Waals surface area contributed by atoms with Gasteiger partial charge in [-0.2, -0.15) is 0 Å². The summed E-state index contributed by atoms with van der Waals surface area (Å²) in [4.78, 5) is 27.3. The first-order valence-corrected chi connectivity index (χ1v) is 11.1. The highest BCUT2D eigenvalue weighted by Gasteiger charge is 2.40. The van der Waals surface area contributed by atoms with Crippen molar-refractivity contribution in [3.63, 3.8) is 0 Å². The van der Waals surface area contributed by atoms with Gasteiger partial charge < -0.3 is 4.74 Å². The Kier molecular flexibility index (Phi) is 8.94. The Bertz CT molecular complexity index is 688. The molecule has 0 spiro atoms. The fourth-order valence-corrected chi connectivity index (χ4v) is 3.72. The number of ether oxygens (including phenoxy) is 1. The number of hydrogen-bond acceptors (Lipinski definition) is 3. The van der Waals surface area contributed by atoms with Gasteiger partial charge in [-0.1, -0.05) is 82.2 Å². The number of hydrogen-bond donors (Lipinski definition) is 0. The lowest BCUT2D eigenvalue weighted by Crippen LogP contribution is -2.39. The molecule has 1 aliphatic rings. The maximum atomic E-state index is 12.9. The van der Waals surface area contributed by atoms with Gasteiger partial charge in [0.25, 0.3) is 0 Å². The maximum absolute atomic E-state index is 12.9. The molecule has 0 N–H and O–H groups in total. The number of rotatable bonds is 9. The number of carbonyl (C=O) groups excluding carboxylic acids is 2. The molecule has 0 aliphatic carbocycles. The largest absolute Gasteiger partial charge is 0.443 e. The topological polar surface area (TPSA) is 46.6 Å². The van der Waals surface area contributed by atoms with Gasteiger partial charge in [0.05, 0.1) is 5.70 Å². The van der Waals surface area contributed by atoms with E-state index in [4.69, 9.17) is 4.74 Å². The van der Waals surface area contributed by atoms with E-state index >= 15 is 0 Å². The van der Waals surface area contributed by atoms with Crippen LogP contribution in [0.25, 0.3) is 6.08 Å². The molecule has 1 aliphatic heterocycles. The van der Waals surface area contributed by atoms with Gasteiger partial charge in [0.15, 0.2) is 5.78 Å². The maximum Gasteiger partial charge on any atom is 0.415 e. The second kappa shape index (κ2) is 11.2. The van der Waals surface area contributed by atoms with Crippen LogP contribution >= 0.6 is 0 Å². The van der Waals surface area contributed by atoms with Crippen molar-refractivity contribution in [1.82, 2.24) is 4.90 Å². The third-order valence-electron chi connectivity index (χ3n) is 5.17. The Hall–Kier alpha value is -2.10. The van der Waals surface area contributed by atoms with Gasteiger partial charge in [0.1, 0.15) is 5.60 Å². The van der Waals surface area contributed by atoms with E-state index in [0.29, 0.717) is 12.1 Å². The molecule has 0 unspecified atom stereocenters. The van der Waals surface area contributed by atoms with Crippen LogP contribution in [0.5, 0.6) is 0 Å². The summed E-state index contributed by atoms with van der Waals surface area (Å²) in [6.45, 7) is 7.79. The molecular formula is C25H37NO3. The zero-order valence-electron chi connectivity index (χ0n) is 18.6. The van der Waals surface area contributed by atoms with Gasteiger partial charge in [-0.3, -0.25) is 9.69 Å². The minimum absolute atomic E-state index is 0.0210. The molecule has 4 heteroatoms. The van der Waals surface area contributed by atoms with Gasteiger partial charge in [0, 0.05) is 12.5 Å². The summed E-state index contributed by atoms with van der Waals surface area (Å²) in [6.07, 6.45) is 11.1. The Morgan fingerprint density at radius 3 is 2.31 bits per heavy atom. The number of benzene rings is 1. The van der Waals surface area contributed by atoms with E-state index in [1.165, 1.54) is 32.1 Å². The van der Waals surface area contributed by atoms with E-state index in [1.807, 2.05) is 57.2 Å². The van der Waals surface area contributed by atoms with Crippen LogP contribution in [0, 0.1) is 0 Å². The van der Waals surface area contributed by atoms with Crippen molar-refractivity contribution in [2.45, 2.75) is 97.1 Å². The molecule has 29 heavy (non-hydrogen) atoms. The predicted octanol–water partition coefficient (Wildman–Crippen LogP) is 6.75. The minimum Gasteiger partial charge on any atom is -0.443 e. The molecule has 1 atom stereocenters. The highest BCUT2D eigenvalue weighted by molar-refractivity contribution is 6.05. The predicted molar refractivity (Wildman–Crippen MR) is 119 cm³/mol. The molecule has 1 aromatic rings. The quantitative estimate of drug-likeness (QED) is 0.341. The van der Waals surface area contributed by atoms with Crippen molar-refractivity contribution in [1.29, 1.82) is 0 Å². The van der Waals surface area contributed by atoms with Gasteiger partial charge in [0.2, 0.25) is 0 Å². The summed E-state index contributed by atoms with van der Waals surface area (Å²) in [5.41, 5.74) is 0.782. The molecule has 1 aromatic carbocycles. The molecule has 0 aromatic heterocycles. The van der Waals surface area contributed by atoms with Crippen LogP contribution in [0.2, 0.25) is 0 Å². The van der Waals surface area contributed by atoms with Gasteiger partial charge in [-0.15, -0.1) is 0 Å². The van der Waals surface area contributed by atoms with Crippen molar-refractivity contribution in [3.05, 3.63) is 41.6 Å². The number of allylic oxidation sites excluding steroid dienone is 1. The van der Waals surface area contributed by atoms with Gasteiger partial charge in [-0.25, -0.2) is 4.79 Å². The standard InChI is InChI=1S/C25H37NO3/c1-5-6-7-8-9-10-14-17-21-19-23(27)22(18-20-15-12-11-13-16-20)26(21)24(28)29-25(2,3)4/h11-13,15-16,18,21H,5-10,14,17,19H2,1-4H3/b22-18+/t21-/m1/s1. The van der Waals surface area contributed by atoms with Crippen molar-refractivity contribution in [2.75, 3.05) is 0 Å². The summed E-state index contributed by atoms with van der Waals surface area (Å²) < 4.78 is 5.63. The Morgan fingerprint density at radius 2 is 1.69 bits per heavy atom. The number of amides is 1. The normalized spacial score (nSPS) is 18.5. The molecule has 4 nitrogen and oxygen atoms in total. The first kappa shape index (κ1) is 23.2. The lowest BCUT2D eigenvalue weighted by atomic mass is 10.0. The monoisotopic (exact) mass is 399 g/mol. The molecule has 2 rings (SSSR count). The highest BCUT2D eigenvalue weighted by Crippen LogP contribution is 2.31. The van der Waals surface area contributed by atoms with Gasteiger partial charge in [-0.05, 0) is 38.8 Å². The van der Waals surface area contributed by atoms with Crippen LogP contribution in [-0.2, 0) is 9.53 Å². The minimum atomic E-state index is -0.593. The molecule has 1 saturated heterocycles. The summed E-state index contributed by atoms with van der Waals surface area (Å²) in [5.74, 6) is 0.0210. The molecule has 0 radical (unpaired) electrons. The second-order valence-electron chi connectivity index (χ2n) is 8.98. The number of nitrogens with zero attached hydrogens (tertiary/aromatic N) is 1. The third kappa shape index (κ3) is 7.68. The zero-order chi connectivity index (χ0) is 21.3. The fraction of sp³-hybridized carbons (Fsp3) is 0.600. The average Bonchev–Trinajstić information content (AvgIpc) is 2.96. The van der Waals surface area contributed by atoms with Crippen molar-refractivity contribution >= 4 is 18.0 Å². The number of ketones is 1. The molecule has 1 amide bonds. The van der Waals surface area contributed by atoms with Crippen LogP contribution < -0.4 is 0 Å². The Balaban J connectivity index is 2.08. The first-order valence-electron chi connectivity index (χ1n) is 11.1. The van der Waals surface area contributed by atoms with Crippen LogP contribution in [0.4, 0.5) is 4.79 Å². The summed E-state index contributed by atoms with van der Waals surface area (Å²) in [6, 6.07) is 9.57. The number of carbonyl (C=O) groups is 2. The fourth-order valence-electron chi connectivity index (χ4n) is 3.72. The number of unbranched alkanes of at least 4 members (excludes halogenated alkanes) is 6. The molecule has 0 saturated carbocycles. The second-order valence-corrected chi connectivity index (χ2v) is 8.98. The van der Waals surface area contributed by atoms with Crippen molar-refractivity contribution in [3.8, 4) is 0 Å². The summed E-state index contributed by atoms with van der Waals surface area (Å²) >= 11 is 0. The van der Waals surface area contributed by atoms with E-state index in [-0.39, 0.29) is 11.8 Å². The lowest BCUT2D eigenvalue weighted by molar-refractivity contribution is -0.114. The van der Waals surface area contributed by atoms with Crippen LogP contribution in [0.1, 0.15) is 91.0 Å². The van der Waals surface area contributed by atoms with Crippen LogP contribution in [0.15, 0.2) is 36.0 Å². The van der Waals surface area contributed by atoms with E-state index in [1.54, 1.807) is 4.90 Å². The van der Waals surface area contributed by atoms with E-state index in [2.05, 4.69) is 6.92 Å². The molecule has 0 bridgehead atoms. The van der Waals surface area contributed by atoms with E-state index in [9.17, 15) is 9.59 Å². The first-order chi connectivity index (χ1) is 13.8. The smallest absolute Gasteiger partial charge is 0.415 e. The van der Waals surface area contributed by atoms with Crippen LogP contribution in [0.3, 0.4) is 0 Å². The number of likely N-dealkylation sites (tertiary alicyclic amines) is 1. The lowest BCUT2D eigenvalue weighted by Gasteiger charge is -2.29. The van der Waals surface area contributed by atoms with Gasteiger partial charge >= 0.3 is 6.09 Å². The molecule has 160 valence electrons. The number of Topliss-reactive ketones (excluding diaryl/α,β-unsaturated/α-hetero) is 1. The third-order valence-corrected chi connectivity index (χ3v) is 5.17. The molecule has 1 heterocycles.